The third kappa shape index (κ3) is 3.15. The molecule has 128 valence electrons. The van der Waals surface area contributed by atoms with Gasteiger partial charge in [-0.1, -0.05) is 45.7 Å². The lowest BCUT2D eigenvalue weighted by Crippen LogP contribution is -2.41. The molecule has 2 aromatic rings. The number of amides is 1. The number of aliphatic hydroxyl groups is 1. The molecule has 1 aliphatic rings. The molecule has 0 fully saturated rings. The Balaban J connectivity index is 2.02. The van der Waals surface area contributed by atoms with Gasteiger partial charge >= 0.3 is 0 Å². The summed E-state index contributed by atoms with van der Waals surface area (Å²) in [6.07, 6.45) is 1.21. The predicted octanol–water partition coefficient (Wildman–Crippen LogP) is 4.10. The van der Waals surface area contributed by atoms with Crippen LogP contribution in [0, 0.1) is 0 Å². The Morgan fingerprint density at radius 1 is 1.32 bits per heavy atom. The van der Waals surface area contributed by atoms with Crippen molar-refractivity contribution in [3.05, 3.63) is 75.7 Å². The van der Waals surface area contributed by atoms with Gasteiger partial charge < -0.3 is 10.0 Å². The monoisotopic (exact) mass is 419 g/mol. The standard InChI is InChI=1S/C19H15BrClNO3/c1-2-8-22-16-7-6-14(21)10-15(16)19(25,18(22)24)11-17(23)12-4-3-5-13(20)9-12/h2-7,9-10,25H,1,8,11H2/t19-/m0/s1. The number of Topliss-reactive ketones (excluding diaryl/α,β-unsaturated/α-hetero) is 1. The number of fused-ring (bicyclic) bond motifs is 1. The number of carbonyl (C=O) groups is 2. The van der Waals surface area contributed by atoms with Crippen LogP contribution in [0.2, 0.25) is 5.02 Å². The maximum atomic E-state index is 12.8. The Morgan fingerprint density at radius 2 is 2.08 bits per heavy atom. The van der Waals surface area contributed by atoms with E-state index >= 15 is 0 Å². The van der Waals surface area contributed by atoms with Crippen LogP contribution in [-0.2, 0) is 10.4 Å². The van der Waals surface area contributed by atoms with Crippen molar-refractivity contribution < 1.29 is 14.7 Å². The molecule has 25 heavy (non-hydrogen) atoms. The van der Waals surface area contributed by atoms with E-state index in [0.29, 0.717) is 21.8 Å². The van der Waals surface area contributed by atoms with E-state index in [4.69, 9.17) is 11.6 Å². The number of benzene rings is 2. The van der Waals surface area contributed by atoms with Gasteiger partial charge in [-0.3, -0.25) is 9.59 Å². The Hall–Kier alpha value is -1.95. The van der Waals surface area contributed by atoms with Crippen molar-refractivity contribution in [3.63, 3.8) is 0 Å². The first-order valence-electron chi connectivity index (χ1n) is 7.61. The van der Waals surface area contributed by atoms with E-state index < -0.39 is 11.5 Å². The van der Waals surface area contributed by atoms with Crippen LogP contribution < -0.4 is 4.90 Å². The smallest absolute Gasteiger partial charge is 0.264 e. The highest BCUT2D eigenvalue weighted by atomic mass is 79.9. The molecule has 0 unspecified atom stereocenters. The highest BCUT2D eigenvalue weighted by molar-refractivity contribution is 9.10. The molecule has 0 saturated carbocycles. The molecule has 0 aromatic heterocycles. The lowest BCUT2D eigenvalue weighted by molar-refractivity contribution is -0.135. The maximum absolute atomic E-state index is 12.8. The molecule has 0 spiro atoms. The lowest BCUT2D eigenvalue weighted by atomic mass is 9.88. The van der Waals surface area contributed by atoms with Crippen molar-refractivity contribution in [2.24, 2.45) is 0 Å². The van der Waals surface area contributed by atoms with Crippen molar-refractivity contribution in [1.29, 1.82) is 0 Å². The van der Waals surface area contributed by atoms with Crippen molar-refractivity contribution >= 4 is 44.9 Å². The number of rotatable bonds is 5. The largest absolute Gasteiger partial charge is 0.375 e. The highest BCUT2D eigenvalue weighted by Gasteiger charge is 2.50. The van der Waals surface area contributed by atoms with Gasteiger partial charge in [0.1, 0.15) is 0 Å². The van der Waals surface area contributed by atoms with Gasteiger partial charge in [0.05, 0.1) is 12.1 Å². The van der Waals surface area contributed by atoms with Gasteiger partial charge in [0.15, 0.2) is 11.4 Å². The summed E-state index contributed by atoms with van der Waals surface area (Å²) in [5.74, 6) is -0.878. The van der Waals surface area contributed by atoms with E-state index in [1.54, 1.807) is 42.5 Å². The van der Waals surface area contributed by atoms with E-state index in [9.17, 15) is 14.7 Å². The molecule has 1 N–H and O–H groups in total. The molecular weight excluding hydrogens is 406 g/mol. The normalized spacial score (nSPS) is 19.0. The maximum Gasteiger partial charge on any atom is 0.264 e. The first-order valence-corrected chi connectivity index (χ1v) is 8.78. The van der Waals surface area contributed by atoms with Gasteiger partial charge in [-0.2, -0.15) is 0 Å². The Labute approximate surface area is 158 Å². The quantitative estimate of drug-likeness (QED) is 0.585. The van der Waals surface area contributed by atoms with Gasteiger partial charge in [0.2, 0.25) is 0 Å². The van der Waals surface area contributed by atoms with Crippen LogP contribution in [-0.4, -0.2) is 23.3 Å². The van der Waals surface area contributed by atoms with Crippen molar-refractivity contribution in [2.75, 3.05) is 11.4 Å². The zero-order valence-electron chi connectivity index (χ0n) is 13.2. The van der Waals surface area contributed by atoms with Crippen LogP contribution in [0.1, 0.15) is 22.3 Å². The van der Waals surface area contributed by atoms with Crippen LogP contribution in [0.3, 0.4) is 0 Å². The number of hydrogen-bond donors (Lipinski definition) is 1. The van der Waals surface area contributed by atoms with Gasteiger partial charge in [0, 0.05) is 27.2 Å². The second kappa shape index (κ2) is 6.75. The van der Waals surface area contributed by atoms with Crippen LogP contribution in [0.15, 0.2) is 59.6 Å². The van der Waals surface area contributed by atoms with Crippen LogP contribution >= 0.6 is 27.5 Å². The molecule has 1 atom stereocenters. The summed E-state index contributed by atoms with van der Waals surface area (Å²) in [6, 6.07) is 11.7. The fourth-order valence-electron chi connectivity index (χ4n) is 3.00. The van der Waals surface area contributed by atoms with Gasteiger partial charge in [0.25, 0.3) is 5.91 Å². The molecule has 1 aliphatic heterocycles. The van der Waals surface area contributed by atoms with E-state index in [-0.39, 0.29) is 18.7 Å². The van der Waals surface area contributed by atoms with Crippen LogP contribution in [0.4, 0.5) is 5.69 Å². The number of nitrogens with zero attached hydrogens (tertiary/aromatic N) is 1. The molecule has 0 saturated heterocycles. The van der Waals surface area contributed by atoms with Crippen molar-refractivity contribution in [3.8, 4) is 0 Å². The SMILES string of the molecule is C=CCN1C(=O)[C@](O)(CC(=O)c2cccc(Br)c2)c2cc(Cl)ccc21. The first kappa shape index (κ1) is 17.9. The zero-order chi connectivity index (χ0) is 18.2. The zero-order valence-corrected chi connectivity index (χ0v) is 15.5. The fraction of sp³-hybridized carbons (Fsp3) is 0.158. The first-order chi connectivity index (χ1) is 11.9. The third-order valence-corrected chi connectivity index (χ3v) is 4.90. The summed E-state index contributed by atoms with van der Waals surface area (Å²) in [5.41, 5.74) is -0.641. The Kier molecular flexibility index (Phi) is 4.82. The summed E-state index contributed by atoms with van der Waals surface area (Å²) in [7, 11) is 0. The number of hydrogen-bond acceptors (Lipinski definition) is 3. The second-order valence-electron chi connectivity index (χ2n) is 5.84. The number of anilines is 1. The Morgan fingerprint density at radius 3 is 2.76 bits per heavy atom. The molecule has 3 rings (SSSR count). The van der Waals surface area contributed by atoms with Gasteiger partial charge in [-0.05, 0) is 30.3 Å². The number of carbonyl (C=O) groups excluding carboxylic acids is 2. The van der Waals surface area contributed by atoms with E-state index in [2.05, 4.69) is 22.5 Å². The minimum absolute atomic E-state index is 0.237. The predicted molar refractivity (Wildman–Crippen MR) is 101 cm³/mol. The molecule has 6 heteroatoms. The third-order valence-electron chi connectivity index (χ3n) is 4.17. The lowest BCUT2D eigenvalue weighted by Gasteiger charge is -2.22. The van der Waals surface area contributed by atoms with Crippen LogP contribution in [0.5, 0.6) is 0 Å². The van der Waals surface area contributed by atoms with E-state index in [0.717, 1.165) is 4.47 Å². The van der Waals surface area contributed by atoms with E-state index in [1.165, 1.54) is 11.0 Å². The second-order valence-corrected chi connectivity index (χ2v) is 7.19. The topological polar surface area (TPSA) is 57.6 Å². The average molecular weight is 421 g/mol. The van der Waals surface area contributed by atoms with Gasteiger partial charge in [-0.25, -0.2) is 0 Å². The summed E-state index contributed by atoms with van der Waals surface area (Å²) in [6.45, 7) is 3.88. The van der Waals surface area contributed by atoms with E-state index in [1.807, 2.05) is 0 Å². The minimum Gasteiger partial charge on any atom is -0.375 e. The molecule has 0 aliphatic carbocycles. The minimum atomic E-state index is -1.94. The number of halogens is 2. The summed E-state index contributed by atoms with van der Waals surface area (Å²) < 4.78 is 0.750. The van der Waals surface area contributed by atoms with Gasteiger partial charge in [-0.15, -0.1) is 6.58 Å². The molecule has 0 radical (unpaired) electrons. The van der Waals surface area contributed by atoms with Crippen molar-refractivity contribution in [2.45, 2.75) is 12.0 Å². The molecule has 4 nitrogen and oxygen atoms in total. The molecule has 1 amide bonds. The molecule has 2 aromatic carbocycles. The molecule has 1 heterocycles. The molecule has 0 bridgehead atoms. The summed E-state index contributed by atoms with van der Waals surface area (Å²) in [5, 5.41) is 11.5. The fourth-order valence-corrected chi connectivity index (χ4v) is 3.57. The number of ketones is 1. The highest BCUT2D eigenvalue weighted by Crippen LogP contribution is 2.44. The average Bonchev–Trinajstić information content (AvgIpc) is 2.77. The molecular formula is C19H15BrClNO3. The summed E-state index contributed by atoms with van der Waals surface area (Å²) >= 11 is 9.36. The Bertz CT molecular complexity index is 883. The van der Waals surface area contributed by atoms with Crippen molar-refractivity contribution in [1.82, 2.24) is 0 Å². The van der Waals surface area contributed by atoms with Crippen LogP contribution in [0.25, 0.3) is 0 Å². The summed E-state index contributed by atoms with van der Waals surface area (Å²) in [4.78, 5) is 26.9.